The zero-order valence-electron chi connectivity index (χ0n) is 13.3. The molecule has 0 bridgehead atoms. The van der Waals surface area contributed by atoms with Crippen molar-refractivity contribution in [1.82, 2.24) is 9.47 Å². The second-order valence-corrected chi connectivity index (χ2v) is 6.50. The summed E-state index contributed by atoms with van der Waals surface area (Å²) >= 11 is 0. The van der Waals surface area contributed by atoms with E-state index < -0.39 is 29.6 Å². The van der Waals surface area contributed by atoms with Gasteiger partial charge in [0.25, 0.3) is 5.56 Å². The summed E-state index contributed by atoms with van der Waals surface area (Å²) in [5, 5.41) is 9.34. The second kappa shape index (κ2) is 7.21. The Balaban J connectivity index is 2.20. The quantitative estimate of drug-likeness (QED) is 0.830. The van der Waals surface area contributed by atoms with Gasteiger partial charge in [-0.25, -0.2) is 13.6 Å². The van der Waals surface area contributed by atoms with Gasteiger partial charge >= 0.3 is 5.97 Å². The van der Waals surface area contributed by atoms with Crippen LogP contribution in [-0.4, -0.2) is 46.3 Å². The number of likely N-dealkylation sites (tertiary alicyclic amines) is 1. The van der Waals surface area contributed by atoms with E-state index in [2.05, 4.69) is 0 Å². The first-order valence-corrected chi connectivity index (χ1v) is 7.77. The number of nitrogens with zero attached hydrogens (tertiary/aromatic N) is 2. The number of aliphatic carboxylic acids is 1. The number of pyridine rings is 1. The van der Waals surface area contributed by atoms with Crippen molar-refractivity contribution in [3.05, 3.63) is 34.0 Å². The van der Waals surface area contributed by atoms with Gasteiger partial charge in [-0.1, -0.05) is 13.8 Å². The Morgan fingerprint density at radius 1 is 1.43 bits per heavy atom. The molecule has 0 aromatic carbocycles. The van der Waals surface area contributed by atoms with Gasteiger partial charge in [0, 0.05) is 25.8 Å². The average Bonchev–Trinajstić information content (AvgIpc) is 2.43. The molecule has 128 valence electrons. The van der Waals surface area contributed by atoms with E-state index in [1.807, 2.05) is 18.7 Å². The highest BCUT2D eigenvalue weighted by Gasteiger charge is 2.26. The van der Waals surface area contributed by atoms with Crippen LogP contribution in [0.15, 0.2) is 17.1 Å². The highest BCUT2D eigenvalue weighted by Crippen LogP contribution is 2.18. The van der Waals surface area contributed by atoms with Crippen LogP contribution in [0, 0.1) is 11.7 Å². The molecule has 0 amide bonds. The molecule has 1 N–H and O–H groups in total. The van der Waals surface area contributed by atoms with Gasteiger partial charge in [-0.2, -0.15) is 0 Å². The molecule has 5 nitrogen and oxygen atoms in total. The van der Waals surface area contributed by atoms with E-state index in [9.17, 15) is 23.5 Å². The molecule has 1 aliphatic rings. The van der Waals surface area contributed by atoms with Gasteiger partial charge in [-0.3, -0.25) is 14.3 Å². The van der Waals surface area contributed by atoms with Crippen LogP contribution in [0.2, 0.25) is 0 Å². The Bertz CT molecular complexity index is 624. The SMILES string of the molecule is CC(C)CC(C(=O)O)n1cc(CCN2CC(F)C2)cc(F)c1=O. The molecule has 0 aliphatic carbocycles. The molecule has 2 rings (SSSR count). The smallest absolute Gasteiger partial charge is 0.326 e. The number of halogens is 2. The van der Waals surface area contributed by atoms with Crippen LogP contribution in [-0.2, 0) is 11.2 Å². The van der Waals surface area contributed by atoms with Crippen LogP contribution >= 0.6 is 0 Å². The first-order chi connectivity index (χ1) is 10.8. The van der Waals surface area contributed by atoms with E-state index in [0.29, 0.717) is 31.6 Å². The molecular weight excluding hydrogens is 306 g/mol. The van der Waals surface area contributed by atoms with E-state index in [-0.39, 0.29) is 12.3 Å². The molecule has 0 spiro atoms. The van der Waals surface area contributed by atoms with Gasteiger partial charge in [-0.15, -0.1) is 0 Å². The number of carboxylic acids is 1. The van der Waals surface area contributed by atoms with Gasteiger partial charge in [0.05, 0.1) is 0 Å². The topological polar surface area (TPSA) is 62.5 Å². The van der Waals surface area contributed by atoms with Gasteiger partial charge in [0.15, 0.2) is 5.82 Å². The van der Waals surface area contributed by atoms with Crippen molar-refractivity contribution < 1.29 is 18.7 Å². The van der Waals surface area contributed by atoms with Crippen LogP contribution < -0.4 is 5.56 Å². The third-order valence-electron chi connectivity index (χ3n) is 4.00. The van der Waals surface area contributed by atoms with Crippen molar-refractivity contribution in [3.63, 3.8) is 0 Å². The molecule has 23 heavy (non-hydrogen) atoms. The first-order valence-electron chi connectivity index (χ1n) is 7.77. The molecule has 0 saturated carbocycles. The lowest BCUT2D eigenvalue weighted by Gasteiger charge is -2.34. The van der Waals surface area contributed by atoms with Gasteiger partial charge < -0.3 is 5.11 Å². The van der Waals surface area contributed by atoms with Crippen LogP contribution in [0.4, 0.5) is 8.78 Å². The minimum atomic E-state index is -1.15. The number of aromatic nitrogens is 1. The summed E-state index contributed by atoms with van der Waals surface area (Å²) in [5.41, 5.74) is -0.381. The van der Waals surface area contributed by atoms with Crippen molar-refractivity contribution in [2.24, 2.45) is 5.92 Å². The minimum Gasteiger partial charge on any atom is -0.480 e. The fraction of sp³-hybridized carbons (Fsp3) is 0.625. The van der Waals surface area contributed by atoms with Gasteiger partial charge in [-0.05, 0) is 30.4 Å². The molecule has 1 aromatic rings. The molecule has 1 aliphatic heterocycles. The van der Waals surface area contributed by atoms with Gasteiger partial charge in [0.1, 0.15) is 12.2 Å². The van der Waals surface area contributed by atoms with Crippen LogP contribution in [0.5, 0.6) is 0 Å². The summed E-state index contributed by atoms with van der Waals surface area (Å²) in [6.45, 7) is 4.98. The molecule has 7 heteroatoms. The van der Waals surface area contributed by atoms with Crippen molar-refractivity contribution in [2.45, 2.75) is 38.9 Å². The summed E-state index contributed by atoms with van der Waals surface area (Å²) in [7, 11) is 0. The monoisotopic (exact) mass is 328 g/mol. The third kappa shape index (κ3) is 4.37. The van der Waals surface area contributed by atoms with E-state index in [4.69, 9.17) is 0 Å². The predicted molar refractivity (Wildman–Crippen MR) is 81.8 cm³/mol. The molecule has 1 aromatic heterocycles. The largest absolute Gasteiger partial charge is 0.480 e. The van der Waals surface area contributed by atoms with Crippen molar-refractivity contribution in [1.29, 1.82) is 0 Å². The maximum atomic E-state index is 13.9. The minimum absolute atomic E-state index is 0.0530. The van der Waals surface area contributed by atoms with E-state index in [1.54, 1.807) is 0 Å². The molecule has 2 heterocycles. The summed E-state index contributed by atoms with van der Waals surface area (Å²) < 4.78 is 27.6. The lowest BCUT2D eigenvalue weighted by Crippen LogP contribution is -2.49. The number of hydrogen-bond donors (Lipinski definition) is 1. The number of carboxylic acid groups (broad SMARTS) is 1. The lowest BCUT2D eigenvalue weighted by atomic mass is 10.0. The number of hydrogen-bond acceptors (Lipinski definition) is 3. The molecule has 1 saturated heterocycles. The normalized spacial score (nSPS) is 17.3. The molecule has 0 radical (unpaired) electrons. The number of rotatable bonds is 7. The van der Waals surface area contributed by atoms with Gasteiger partial charge in [0.2, 0.25) is 0 Å². The van der Waals surface area contributed by atoms with E-state index in [1.165, 1.54) is 6.20 Å². The predicted octanol–water partition coefficient (Wildman–Crippen LogP) is 1.86. The Morgan fingerprint density at radius 2 is 2.09 bits per heavy atom. The molecule has 1 atom stereocenters. The summed E-state index contributed by atoms with van der Waals surface area (Å²) in [6.07, 6.45) is 1.30. The summed E-state index contributed by atoms with van der Waals surface area (Å²) in [6, 6.07) is 0.0519. The maximum absolute atomic E-state index is 13.9. The third-order valence-corrected chi connectivity index (χ3v) is 4.00. The van der Waals surface area contributed by atoms with E-state index in [0.717, 1.165) is 10.6 Å². The molecule has 1 fully saturated rings. The zero-order valence-corrected chi connectivity index (χ0v) is 13.3. The molecular formula is C16H22F2N2O3. The average molecular weight is 328 g/mol. The van der Waals surface area contributed by atoms with Crippen LogP contribution in [0.25, 0.3) is 0 Å². The van der Waals surface area contributed by atoms with Crippen LogP contribution in [0.3, 0.4) is 0 Å². The van der Waals surface area contributed by atoms with Crippen molar-refractivity contribution >= 4 is 5.97 Å². The van der Waals surface area contributed by atoms with Crippen molar-refractivity contribution in [2.75, 3.05) is 19.6 Å². The highest BCUT2D eigenvalue weighted by atomic mass is 19.1. The fourth-order valence-electron chi connectivity index (χ4n) is 2.75. The lowest BCUT2D eigenvalue weighted by molar-refractivity contribution is -0.141. The Hall–Kier alpha value is -1.76. The van der Waals surface area contributed by atoms with Crippen molar-refractivity contribution in [3.8, 4) is 0 Å². The summed E-state index contributed by atoms with van der Waals surface area (Å²) in [4.78, 5) is 25.3. The Labute approximate surface area is 133 Å². The number of alkyl halides is 1. The van der Waals surface area contributed by atoms with Crippen LogP contribution in [0.1, 0.15) is 31.9 Å². The molecule has 1 unspecified atom stereocenters. The number of carbonyl (C=O) groups is 1. The standard InChI is InChI=1S/C16H22F2N2O3/c1-10(2)5-14(16(22)23)20-7-11(6-13(18)15(20)21)3-4-19-8-12(17)9-19/h6-7,10,12,14H,3-5,8-9H2,1-2H3,(H,22,23). The Morgan fingerprint density at radius 3 is 2.61 bits per heavy atom. The second-order valence-electron chi connectivity index (χ2n) is 6.50. The highest BCUT2D eigenvalue weighted by molar-refractivity contribution is 5.71. The first kappa shape index (κ1) is 17.6. The maximum Gasteiger partial charge on any atom is 0.326 e. The Kier molecular flexibility index (Phi) is 5.51. The fourth-order valence-corrected chi connectivity index (χ4v) is 2.75. The van der Waals surface area contributed by atoms with E-state index >= 15 is 0 Å². The zero-order chi connectivity index (χ0) is 17.1. The summed E-state index contributed by atoms with van der Waals surface area (Å²) in [5.74, 6) is -2.05.